The Morgan fingerprint density at radius 2 is 2.03 bits per heavy atom. The summed E-state index contributed by atoms with van der Waals surface area (Å²) in [4.78, 5) is 31.4. The Kier molecular flexibility index (Phi) is 5.65. The third-order valence-corrected chi connectivity index (χ3v) is 6.82. The summed E-state index contributed by atoms with van der Waals surface area (Å²) in [5.74, 6) is -0.475. The number of para-hydroxylation sites is 1. The van der Waals surface area contributed by atoms with Gasteiger partial charge in [-0.15, -0.1) is 0 Å². The molecule has 2 aliphatic rings. The van der Waals surface area contributed by atoms with Crippen LogP contribution in [-0.2, 0) is 15.0 Å². The summed E-state index contributed by atoms with van der Waals surface area (Å²) in [6.07, 6.45) is -0.768. The van der Waals surface area contributed by atoms with Crippen LogP contribution in [0.4, 0.5) is 18.9 Å². The Morgan fingerprint density at radius 3 is 2.77 bits per heavy atom. The highest BCUT2D eigenvalue weighted by molar-refractivity contribution is 6.10. The molecule has 35 heavy (non-hydrogen) atoms. The normalized spacial score (nSPS) is 22.0. The van der Waals surface area contributed by atoms with Gasteiger partial charge in [0.1, 0.15) is 18.8 Å². The van der Waals surface area contributed by atoms with Gasteiger partial charge in [0.25, 0.3) is 0 Å². The van der Waals surface area contributed by atoms with E-state index in [0.717, 1.165) is 16.6 Å². The number of aromatic amines is 1. The van der Waals surface area contributed by atoms with E-state index in [9.17, 15) is 22.8 Å². The van der Waals surface area contributed by atoms with Crippen molar-refractivity contribution < 1.29 is 27.5 Å². The maximum atomic E-state index is 13.6. The third kappa shape index (κ3) is 4.30. The van der Waals surface area contributed by atoms with Gasteiger partial charge in [0.05, 0.1) is 17.7 Å². The second kappa shape index (κ2) is 8.54. The van der Waals surface area contributed by atoms with Crippen LogP contribution in [0.2, 0.25) is 0 Å². The molecular weight excluding hydrogens is 463 g/mol. The number of fused-ring (bicyclic) bond motifs is 3. The average molecular weight is 487 g/mol. The van der Waals surface area contributed by atoms with Gasteiger partial charge < -0.3 is 15.0 Å². The molecule has 3 aromatic rings. The standard InChI is InChI=1S/C24H24F3N5O3/c1-14-17-10-16(11-28-21(17)31-30-14)35-15-6-8-23(9-7-15)18-4-2-3-5-19(18)32(22(23)34)12-20(33)29-13-24(25,26)27/h2-5,10-11,15H,6-9,12-13H2,1H3,(H,29,33)(H,28,30,31). The number of benzene rings is 1. The van der Waals surface area contributed by atoms with Gasteiger partial charge in [-0.1, -0.05) is 18.2 Å². The molecule has 2 aromatic heterocycles. The monoisotopic (exact) mass is 487 g/mol. The lowest BCUT2D eigenvalue weighted by molar-refractivity contribution is -0.138. The quantitative estimate of drug-likeness (QED) is 0.574. The summed E-state index contributed by atoms with van der Waals surface area (Å²) in [5, 5.41) is 9.74. The lowest BCUT2D eigenvalue weighted by atomic mass is 9.69. The summed E-state index contributed by atoms with van der Waals surface area (Å²) >= 11 is 0. The zero-order valence-electron chi connectivity index (χ0n) is 19.0. The number of hydrogen-bond acceptors (Lipinski definition) is 5. The van der Waals surface area contributed by atoms with Crippen molar-refractivity contribution in [3.8, 4) is 5.75 Å². The van der Waals surface area contributed by atoms with Crippen molar-refractivity contribution in [2.24, 2.45) is 0 Å². The fraction of sp³-hybridized carbons (Fsp3) is 0.417. The number of halogens is 3. The van der Waals surface area contributed by atoms with Gasteiger partial charge in [-0.2, -0.15) is 18.3 Å². The molecule has 1 saturated carbocycles. The number of pyridine rings is 1. The second-order valence-corrected chi connectivity index (χ2v) is 9.09. The minimum Gasteiger partial charge on any atom is -0.489 e. The third-order valence-electron chi connectivity index (χ3n) is 6.82. The first-order valence-electron chi connectivity index (χ1n) is 11.4. The average Bonchev–Trinajstić information content (AvgIpc) is 3.30. The highest BCUT2D eigenvalue weighted by atomic mass is 19.4. The first-order valence-corrected chi connectivity index (χ1v) is 11.4. The van der Waals surface area contributed by atoms with Crippen molar-refractivity contribution in [3.05, 3.63) is 47.8 Å². The number of aromatic nitrogens is 3. The summed E-state index contributed by atoms with van der Waals surface area (Å²) in [7, 11) is 0. The van der Waals surface area contributed by atoms with Crippen molar-refractivity contribution in [2.45, 2.75) is 50.3 Å². The first kappa shape index (κ1) is 23.1. The van der Waals surface area contributed by atoms with Crippen molar-refractivity contribution in [1.82, 2.24) is 20.5 Å². The molecule has 0 radical (unpaired) electrons. The van der Waals surface area contributed by atoms with E-state index < -0.39 is 30.6 Å². The molecule has 2 amide bonds. The van der Waals surface area contributed by atoms with Crippen molar-refractivity contribution in [2.75, 3.05) is 18.0 Å². The lowest BCUT2D eigenvalue weighted by Gasteiger charge is -2.36. The number of hydrogen-bond donors (Lipinski definition) is 2. The minimum absolute atomic E-state index is 0.115. The Labute approximate surface area is 198 Å². The topological polar surface area (TPSA) is 100 Å². The molecular formula is C24H24F3N5O3. The van der Waals surface area contributed by atoms with E-state index >= 15 is 0 Å². The number of alkyl halides is 3. The van der Waals surface area contributed by atoms with Crippen LogP contribution in [0.25, 0.3) is 11.0 Å². The zero-order valence-corrected chi connectivity index (χ0v) is 19.0. The number of nitrogens with zero attached hydrogens (tertiary/aromatic N) is 3. The largest absolute Gasteiger partial charge is 0.489 e. The summed E-state index contributed by atoms with van der Waals surface area (Å²) < 4.78 is 43.6. The molecule has 184 valence electrons. The van der Waals surface area contributed by atoms with Gasteiger partial charge in [-0.3, -0.25) is 14.7 Å². The van der Waals surface area contributed by atoms with Crippen LogP contribution in [0.3, 0.4) is 0 Å². The highest BCUT2D eigenvalue weighted by Gasteiger charge is 2.52. The second-order valence-electron chi connectivity index (χ2n) is 9.09. The predicted molar refractivity (Wildman–Crippen MR) is 121 cm³/mol. The van der Waals surface area contributed by atoms with Crippen LogP contribution in [0, 0.1) is 6.92 Å². The van der Waals surface area contributed by atoms with Crippen LogP contribution in [0.5, 0.6) is 5.75 Å². The number of anilines is 1. The maximum Gasteiger partial charge on any atom is 0.405 e. The molecule has 0 bridgehead atoms. The van der Waals surface area contributed by atoms with E-state index in [4.69, 9.17) is 4.74 Å². The smallest absolute Gasteiger partial charge is 0.405 e. The van der Waals surface area contributed by atoms with Crippen LogP contribution in [0.1, 0.15) is 36.9 Å². The Balaban J connectivity index is 1.30. The fourth-order valence-electron chi connectivity index (χ4n) is 5.09. The van der Waals surface area contributed by atoms with E-state index in [2.05, 4.69) is 15.2 Å². The van der Waals surface area contributed by atoms with E-state index in [0.29, 0.717) is 42.8 Å². The Bertz CT molecular complexity index is 1280. The number of nitrogens with one attached hydrogen (secondary N) is 2. The fourth-order valence-corrected chi connectivity index (χ4v) is 5.09. The number of H-pyrrole nitrogens is 1. The van der Waals surface area contributed by atoms with Crippen molar-refractivity contribution >= 4 is 28.5 Å². The summed E-state index contributed by atoms with van der Waals surface area (Å²) in [5.41, 5.74) is 2.08. The van der Waals surface area contributed by atoms with Crippen LogP contribution < -0.4 is 15.0 Å². The van der Waals surface area contributed by atoms with Gasteiger partial charge in [-0.25, -0.2) is 4.98 Å². The van der Waals surface area contributed by atoms with E-state index in [1.54, 1.807) is 18.3 Å². The Morgan fingerprint density at radius 1 is 1.29 bits per heavy atom. The molecule has 11 heteroatoms. The van der Waals surface area contributed by atoms with E-state index in [1.165, 1.54) is 4.90 Å². The zero-order chi connectivity index (χ0) is 24.8. The molecule has 2 N–H and O–H groups in total. The van der Waals surface area contributed by atoms with Gasteiger partial charge in [0.2, 0.25) is 11.8 Å². The van der Waals surface area contributed by atoms with Gasteiger partial charge in [0, 0.05) is 16.8 Å². The molecule has 8 nitrogen and oxygen atoms in total. The number of aryl methyl sites for hydroxylation is 1. The van der Waals surface area contributed by atoms with Crippen LogP contribution in [-0.4, -0.2) is 52.4 Å². The van der Waals surface area contributed by atoms with Crippen molar-refractivity contribution in [1.29, 1.82) is 0 Å². The Hall–Kier alpha value is -3.63. The van der Waals surface area contributed by atoms with Gasteiger partial charge >= 0.3 is 6.18 Å². The molecule has 1 aliphatic carbocycles. The van der Waals surface area contributed by atoms with E-state index in [-0.39, 0.29) is 12.0 Å². The lowest BCUT2D eigenvalue weighted by Crippen LogP contribution is -2.48. The molecule has 1 fully saturated rings. The number of carbonyl (C=O) groups excluding carboxylic acids is 2. The van der Waals surface area contributed by atoms with Gasteiger partial charge in [0.15, 0.2) is 5.65 Å². The van der Waals surface area contributed by atoms with Crippen molar-refractivity contribution in [3.63, 3.8) is 0 Å². The number of rotatable bonds is 5. The number of carbonyl (C=O) groups is 2. The molecule has 0 saturated heterocycles. The summed E-state index contributed by atoms with van der Waals surface area (Å²) in [6, 6.07) is 9.07. The maximum absolute atomic E-state index is 13.6. The molecule has 1 aliphatic heterocycles. The SMILES string of the molecule is Cc1[nH]nc2ncc(OC3CCC4(CC3)C(=O)N(CC(=O)NCC(F)(F)F)c3ccccc34)cc12. The van der Waals surface area contributed by atoms with Crippen LogP contribution >= 0.6 is 0 Å². The van der Waals surface area contributed by atoms with Gasteiger partial charge in [-0.05, 0) is 50.3 Å². The predicted octanol–water partition coefficient (Wildman–Crippen LogP) is 3.55. The first-order chi connectivity index (χ1) is 16.7. The number of amides is 2. The summed E-state index contributed by atoms with van der Waals surface area (Å²) in [6.45, 7) is 0.0193. The molecule has 1 aromatic carbocycles. The number of ether oxygens (including phenoxy) is 1. The molecule has 0 unspecified atom stereocenters. The molecule has 0 atom stereocenters. The molecule has 1 spiro atoms. The molecule has 3 heterocycles. The molecule has 5 rings (SSSR count). The van der Waals surface area contributed by atoms with E-state index in [1.807, 2.05) is 30.4 Å². The van der Waals surface area contributed by atoms with Crippen LogP contribution in [0.15, 0.2) is 36.5 Å². The minimum atomic E-state index is -4.52. The highest BCUT2D eigenvalue weighted by Crippen LogP contribution is 2.50.